The molecule has 1 heterocycles. The van der Waals surface area contributed by atoms with Gasteiger partial charge in [-0.05, 0) is 51.4 Å². The maximum atomic E-state index is 4.44. The lowest BCUT2D eigenvalue weighted by Crippen LogP contribution is -2.22. The fourth-order valence-electron chi connectivity index (χ4n) is 2.55. The van der Waals surface area contributed by atoms with Crippen molar-refractivity contribution in [1.29, 1.82) is 0 Å². The van der Waals surface area contributed by atoms with Crippen LogP contribution in [0.15, 0.2) is 24.3 Å². The minimum Gasteiger partial charge on any atom is -0.311 e. The number of rotatable bonds is 4. The van der Waals surface area contributed by atoms with Gasteiger partial charge in [0.1, 0.15) is 0 Å². The molecule has 3 heteroatoms. The van der Waals surface area contributed by atoms with Gasteiger partial charge < -0.3 is 5.32 Å². The van der Waals surface area contributed by atoms with Crippen LogP contribution >= 0.6 is 0 Å². The van der Waals surface area contributed by atoms with Gasteiger partial charge in [0.15, 0.2) is 0 Å². The van der Waals surface area contributed by atoms with Crippen LogP contribution in [0.2, 0.25) is 0 Å². The summed E-state index contributed by atoms with van der Waals surface area (Å²) in [6.45, 7) is 6.36. The number of aryl methyl sites for hydroxylation is 4. The molecule has 0 saturated heterocycles. The summed E-state index contributed by atoms with van der Waals surface area (Å²) >= 11 is 0. The van der Waals surface area contributed by atoms with Crippen molar-refractivity contribution in [3.63, 3.8) is 0 Å². The van der Waals surface area contributed by atoms with Gasteiger partial charge in [0, 0.05) is 7.05 Å². The summed E-state index contributed by atoms with van der Waals surface area (Å²) in [5.41, 5.74) is 6.37. The number of hydrogen-bond acceptors (Lipinski definition) is 2. The van der Waals surface area contributed by atoms with E-state index in [1.165, 1.54) is 22.4 Å². The molecule has 1 aromatic carbocycles. The molecule has 2 aromatic rings. The lowest BCUT2D eigenvalue weighted by molar-refractivity contribution is 0.536. The molecule has 0 amide bonds. The topological polar surface area (TPSA) is 29.9 Å². The maximum absolute atomic E-state index is 4.44. The normalized spacial score (nSPS) is 12.7. The quantitative estimate of drug-likeness (QED) is 0.912. The molecule has 1 unspecified atom stereocenters. The van der Waals surface area contributed by atoms with E-state index in [0.717, 1.165) is 12.1 Å². The molecule has 3 nitrogen and oxygen atoms in total. The summed E-state index contributed by atoms with van der Waals surface area (Å²) < 4.78 is 1.97. The predicted molar refractivity (Wildman–Crippen MR) is 79.4 cm³/mol. The summed E-state index contributed by atoms with van der Waals surface area (Å²) in [5.74, 6) is 0. The number of hydrogen-bond donors (Lipinski definition) is 1. The molecule has 0 bridgehead atoms. The molecule has 0 aliphatic carbocycles. The Kier molecular flexibility index (Phi) is 4.05. The largest absolute Gasteiger partial charge is 0.311 e. The smallest absolute Gasteiger partial charge is 0.0597 e. The van der Waals surface area contributed by atoms with Gasteiger partial charge in [-0.15, -0.1) is 0 Å². The maximum Gasteiger partial charge on any atom is 0.0597 e. The molecule has 102 valence electrons. The highest BCUT2D eigenvalue weighted by molar-refractivity contribution is 5.32. The third-order valence-corrected chi connectivity index (χ3v) is 3.67. The van der Waals surface area contributed by atoms with Gasteiger partial charge in [0.2, 0.25) is 0 Å². The van der Waals surface area contributed by atoms with Crippen LogP contribution in [-0.2, 0) is 13.5 Å². The Morgan fingerprint density at radius 2 is 1.95 bits per heavy atom. The first-order valence-corrected chi connectivity index (χ1v) is 6.75. The van der Waals surface area contributed by atoms with Gasteiger partial charge >= 0.3 is 0 Å². The molecule has 0 aliphatic rings. The highest BCUT2D eigenvalue weighted by Gasteiger charge is 2.15. The standard InChI is InChI=1S/C16H23N3/c1-11-6-7-12(2)14(8-11)10-15(17-4)16-9-13(3)18-19(16)5/h6-9,15,17H,10H2,1-5H3. The summed E-state index contributed by atoms with van der Waals surface area (Å²) in [6, 6.07) is 9.11. The molecular formula is C16H23N3. The molecule has 1 aromatic heterocycles. The minimum absolute atomic E-state index is 0.298. The zero-order chi connectivity index (χ0) is 14.0. The number of aromatic nitrogens is 2. The third-order valence-electron chi connectivity index (χ3n) is 3.67. The SMILES string of the molecule is CNC(Cc1cc(C)ccc1C)c1cc(C)nn1C. The Hall–Kier alpha value is -1.61. The lowest BCUT2D eigenvalue weighted by Gasteiger charge is -2.18. The molecule has 0 spiro atoms. The second kappa shape index (κ2) is 5.57. The predicted octanol–water partition coefficient (Wildman–Crippen LogP) is 2.85. The van der Waals surface area contributed by atoms with Gasteiger partial charge in [-0.3, -0.25) is 4.68 Å². The van der Waals surface area contributed by atoms with Crippen LogP contribution in [0.3, 0.4) is 0 Å². The van der Waals surface area contributed by atoms with Crippen LogP contribution < -0.4 is 5.32 Å². The van der Waals surface area contributed by atoms with Crippen molar-refractivity contribution in [2.45, 2.75) is 33.2 Å². The van der Waals surface area contributed by atoms with Crippen LogP contribution in [0.1, 0.15) is 34.1 Å². The molecule has 0 radical (unpaired) electrons. The Morgan fingerprint density at radius 1 is 1.21 bits per heavy atom. The average molecular weight is 257 g/mol. The Labute approximate surface area is 115 Å². The van der Waals surface area contributed by atoms with E-state index in [1.54, 1.807) is 0 Å². The highest BCUT2D eigenvalue weighted by Crippen LogP contribution is 2.21. The van der Waals surface area contributed by atoms with Crippen molar-refractivity contribution in [3.05, 3.63) is 52.3 Å². The number of nitrogens with one attached hydrogen (secondary N) is 1. The molecule has 1 N–H and O–H groups in total. The van der Waals surface area contributed by atoms with E-state index in [9.17, 15) is 0 Å². The van der Waals surface area contributed by atoms with E-state index >= 15 is 0 Å². The second-order valence-corrected chi connectivity index (χ2v) is 5.31. The first kappa shape index (κ1) is 13.8. The number of likely N-dealkylation sites (N-methyl/N-ethyl adjacent to an activating group) is 1. The van der Waals surface area contributed by atoms with Gasteiger partial charge in [0.25, 0.3) is 0 Å². The average Bonchev–Trinajstić information content (AvgIpc) is 2.69. The van der Waals surface area contributed by atoms with E-state index in [4.69, 9.17) is 0 Å². The zero-order valence-electron chi connectivity index (χ0n) is 12.5. The molecule has 19 heavy (non-hydrogen) atoms. The second-order valence-electron chi connectivity index (χ2n) is 5.31. The van der Waals surface area contributed by atoms with Crippen LogP contribution in [-0.4, -0.2) is 16.8 Å². The van der Waals surface area contributed by atoms with Crippen molar-refractivity contribution in [2.75, 3.05) is 7.05 Å². The van der Waals surface area contributed by atoms with E-state index in [0.29, 0.717) is 6.04 Å². The number of benzene rings is 1. The van der Waals surface area contributed by atoms with Crippen molar-refractivity contribution in [3.8, 4) is 0 Å². The van der Waals surface area contributed by atoms with Crippen molar-refractivity contribution < 1.29 is 0 Å². The first-order chi connectivity index (χ1) is 9.01. The molecule has 2 rings (SSSR count). The molecule has 0 fully saturated rings. The van der Waals surface area contributed by atoms with Crippen LogP contribution in [0, 0.1) is 20.8 Å². The van der Waals surface area contributed by atoms with Gasteiger partial charge in [0.05, 0.1) is 17.4 Å². The van der Waals surface area contributed by atoms with E-state index in [-0.39, 0.29) is 0 Å². The van der Waals surface area contributed by atoms with Crippen LogP contribution in [0.5, 0.6) is 0 Å². The van der Waals surface area contributed by atoms with Gasteiger partial charge in [-0.1, -0.05) is 23.8 Å². The van der Waals surface area contributed by atoms with Crippen LogP contribution in [0.4, 0.5) is 0 Å². The highest BCUT2D eigenvalue weighted by atomic mass is 15.3. The van der Waals surface area contributed by atoms with Gasteiger partial charge in [-0.25, -0.2) is 0 Å². The molecule has 1 atom stereocenters. The Bertz CT molecular complexity index is 569. The number of nitrogens with zero attached hydrogens (tertiary/aromatic N) is 2. The minimum atomic E-state index is 0.298. The van der Waals surface area contributed by atoms with E-state index in [2.05, 4.69) is 48.5 Å². The fourth-order valence-corrected chi connectivity index (χ4v) is 2.55. The first-order valence-electron chi connectivity index (χ1n) is 6.75. The van der Waals surface area contributed by atoms with Crippen molar-refractivity contribution in [1.82, 2.24) is 15.1 Å². The Balaban J connectivity index is 2.29. The zero-order valence-corrected chi connectivity index (χ0v) is 12.5. The van der Waals surface area contributed by atoms with Crippen molar-refractivity contribution >= 4 is 0 Å². The summed E-state index contributed by atoms with van der Waals surface area (Å²) in [5, 5.41) is 7.85. The van der Waals surface area contributed by atoms with E-state index < -0.39 is 0 Å². The third kappa shape index (κ3) is 3.04. The summed E-state index contributed by atoms with van der Waals surface area (Å²) in [6.07, 6.45) is 0.989. The lowest BCUT2D eigenvalue weighted by atomic mass is 9.97. The van der Waals surface area contributed by atoms with Gasteiger partial charge in [-0.2, -0.15) is 5.10 Å². The van der Waals surface area contributed by atoms with Crippen molar-refractivity contribution in [2.24, 2.45) is 7.05 Å². The Morgan fingerprint density at radius 3 is 2.53 bits per heavy atom. The summed E-state index contributed by atoms with van der Waals surface area (Å²) in [7, 11) is 4.02. The molecular weight excluding hydrogens is 234 g/mol. The monoisotopic (exact) mass is 257 g/mol. The summed E-state index contributed by atoms with van der Waals surface area (Å²) in [4.78, 5) is 0. The molecule has 0 saturated carbocycles. The van der Waals surface area contributed by atoms with E-state index in [1.807, 2.05) is 25.7 Å². The fraction of sp³-hybridized carbons (Fsp3) is 0.438. The molecule has 0 aliphatic heterocycles. The van der Waals surface area contributed by atoms with Crippen LogP contribution in [0.25, 0.3) is 0 Å².